The van der Waals surface area contributed by atoms with Crippen molar-refractivity contribution >= 4 is 0 Å². The molecular weight excluding hydrogens is 296 g/mol. The predicted octanol–water partition coefficient (Wildman–Crippen LogP) is 6.32. The normalized spacial score (nSPS) is 19.4. The fourth-order valence-electron chi connectivity index (χ4n) is 3.09. The minimum absolute atomic E-state index is 0.0375. The van der Waals surface area contributed by atoms with Crippen LogP contribution in [0.3, 0.4) is 0 Å². The van der Waals surface area contributed by atoms with Crippen LogP contribution >= 0.6 is 0 Å². The number of hydrogen-bond acceptors (Lipinski definition) is 2. The van der Waals surface area contributed by atoms with Gasteiger partial charge in [0.05, 0.1) is 6.61 Å². The summed E-state index contributed by atoms with van der Waals surface area (Å²) in [7, 11) is 0. The highest BCUT2D eigenvalue weighted by Gasteiger charge is 2.40. The molecule has 0 aromatic heterocycles. The third kappa shape index (κ3) is 7.70. The van der Waals surface area contributed by atoms with Crippen LogP contribution in [-0.4, -0.2) is 18.8 Å². The number of hydrogen-bond donors (Lipinski definition) is 0. The Morgan fingerprint density at radius 3 is 2.12 bits per heavy atom. The largest absolute Gasteiger partial charge is 0.490 e. The van der Waals surface area contributed by atoms with Crippen LogP contribution in [0.5, 0.6) is 5.75 Å². The highest BCUT2D eigenvalue weighted by Crippen LogP contribution is 2.28. The topological polar surface area (TPSA) is 21.8 Å². The molecule has 1 heterocycles. The van der Waals surface area contributed by atoms with E-state index in [0.717, 1.165) is 18.8 Å². The number of para-hydroxylation sites is 1. The average Bonchev–Trinajstić information content (AvgIpc) is 3.33. The van der Waals surface area contributed by atoms with Gasteiger partial charge in [-0.2, -0.15) is 0 Å². The maximum absolute atomic E-state index is 5.98. The standard InChI is InChI=1S/C22H36O2/c1-3-4-5-6-7-8-9-10-11-12-15-20-16-13-14-17-21(20)23-18-22(2)19-24-22/h13-14,16-17H,3-12,15,18-19H2,1-2H3. The molecule has 0 aliphatic carbocycles. The minimum atomic E-state index is -0.0375. The van der Waals surface area contributed by atoms with E-state index < -0.39 is 0 Å². The number of epoxide rings is 1. The second-order valence-corrected chi connectivity index (χ2v) is 7.57. The van der Waals surface area contributed by atoms with Gasteiger partial charge in [-0.1, -0.05) is 82.9 Å². The molecule has 0 radical (unpaired) electrons. The van der Waals surface area contributed by atoms with Crippen LogP contribution in [-0.2, 0) is 11.2 Å². The zero-order valence-electron chi connectivity index (χ0n) is 15.8. The van der Waals surface area contributed by atoms with Gasteiger partial charge in [0, 0.05) is 0 Å². The lowest BCUT2D eigenvalue weighted by molar-refractivity contribution is 0.201. The highest BCUT2D eigenvalue weighted by molar-refractivity contribution is 5.33. The first-order chi connectivity index (χ1) is 11.7. The van der Waals surface area contributed by atoms with Gasteiger partial charge in [0.1, 0.15) is 18.0 Å². The zero-order valence-corrected chi connectivity index (χ0v) is 15.8. The van der Waals surface area contributed by atoms with Gasteiger partial charge >= 0.3 is 0 Å². The number of ether oxygens (including phenoxy) is 2. The number of unbranched alkanes of at least 4 members (excludes halogenated alkanes) is 9. The van der Waals surface area contributed by atoms with Crippen molar-refractivity contribution in [2.45, 2.75) is 90.1 Å². The molecule has 1 aliphatic rings. The molecule has 24 heavy (non-hydrogen) atoms. The molecule has 1 unspecified atom stereocenters. The van der Waals surface area contributed by atoms with Crippen molar-refractivity contribution in [3.05, 3.63) is 29.8 Å². The summed E-state index contributed by atoms with van der Waals surface area (Å²) in [6, 6.07) is 8.48. The van der Waals surface area contributed by atoms with Crippen molar-refractivity contribution in [1.82, 2.24) is 0 Å². The fraction of sp³-hybridized carbons (Fsp3) is 0.727. The van der Waals surface area contributed by atoms with E-state index in [1.54, 1.807) is 0 Å². The Morgan fingerprint density at radius 1 is 0.917 bits per heavy atom. The molecule has 2 heteroatoms. The fourth-order valence-corrected chi connectivity index (χ4v) is 3.09. The summed E-state index contributed by atoms with van der Waals surface area (Å²) in [6.45, 7) is 5.89. The molecule has 1 aliphatic heterocycles. The Morgan fingerprint density at radius 2 is 1.50 bits per heavy atom. The Kier molecular flexibility index (Phi) is 8.66. The molecule has 1 saturated heterocycles. The van der Waals surface area contributed by atoms with Gasteiger partial charge in [0.25, 0.3) is 0 Å². The summed E-state index contributed by atoms with van der Waals surface area (Å²) >= 11 is 0. The minimum Gasteiger partial charge on any atom is -0.490 e. The molecule has 0 amide bonds. The van der Waals surface area contributed by atoms with Gasteiger partial charge in [-0.05, 0) is 31.4 Å². The van der Waals surface area contributed by atoms with Crippen LogP contribution in [0.2, 0.25) is 0 Å². The quantitative estimate of drug-likeness (QED) is 0.294. The third-order valence-electron chi connectivity index (χ3n) is 4.94. The first kappa shape index (κ1) is 19.3. The van der Waals surface area contributed by atoms with Crippen LogP contribution in [0.1, 0.15) is 83.6 Å². The van der Waals surface area contributed by atoms with Crippen molar-refractivity contribution in [1.29, 1.82) is 0 Å². The summed E-state index contributed by atoms with van der Waals surface area (Å²) < 4.78 is 11.4. The summed E-state index contributed by atoms with van der Waals surface area (Å²) in [5, 5.41) is 0. The van der Waals surface area contributed by atoms with E-state index in [9.17, 15) is 0 Å². The lowest BCUT2D eigenvalue weighted by Crippen LogP contribution is -2.17. The molecule has 2 nitrogen and oxygen atoms in total. The van der Waals surface area contributed by atoms with Crippen molar-refractivity contribution in [2.75, 3.05) is 13.2 Å². The van der Waals surface area contributed by atoms with Crippen molar-refractivity contribution < 1.29 is 9.47 Å². The van der Waals surface area contributed by atoms with Crippen LogP contribution in [0, 0.1) is 0 Å². The SMILES string of the molecule is CCCCCCCCCCCCc1ccccc1OCC1(C)CO1. The van der Waals surface area contributed by atoms with Crippen molar-refractivity contribution in [2.24, 2.45) is 0 Å². The van der Waals surface area contributed by atoms with E-state index in [4.69, 9.17) is 9.47 Å². The summed E-state index contributed by atoms with van der Waals surface area (Å²) in [6.07, 6.45) is 15.0. The van der Waals surface area contributed by atoms with Crippen molar-refractivity contribution in [3.63, 3.8) is 0 Å². The Hall–Kier alpha value is -1.02. The molecule has 1 atom stereocenters. The maximum Gasteiger partial charge on any atom is 0.123 e. The second-order valence-electron chi connectivity index (χ2n) is 7.57. The second kappa shape index (κ2) is 10.8. The number of rotatable bonds is 14. The van der Waals surface area contributed by atoms with E-state index in [-0.39, 0.29) is 5.60 Å². The van der Waals surface area contributed by atoms with Crippen LogP contribution < -0.4 is 4.74 Å². The molecule has 0 bridgehead atoms. The molecule has 1 fully saturated rings. The van der Waals surface area contributed by atoms with Crippen molar-refractivity contribution in [3.8, 4) is 5.75 Å². The smallest absolute Gasteiger partial charge is 0.123 e. The Bertz CT molecular complexity index is 451. The molecule has 0 saturated carbocycles. The lowest BCUT2D eigenvalue weighted by atomic mass is 10.0. The number of benzene rings is 1. The Labute approximate surface area is 148 Å². The van der Waals surface area contributed by atoms with Crippen LogP contribution in [0.15, 0.2) is 24.3 Å². The Balaban J connectivity index is 1.54. The van der Waals surface area contributed by atoms with E-state index in [0.29, 0.717) is 6.61 Å². The first-order valence-corrected chi connectivity index (χ1v) is 10.1. The van der Waals surface area contributed by atoms with E-state index in [1.807, 2.05) is 0 Å². The molecule has 0 N–H and O–H groups in total. The summed E-state index contributed by atoms with van der Waals surface area (Å²) in [5.41, 5.74) is 1.31. The van der Waals surface area contributed by atoms with Gasteiger partial charge in [-0.15, -0.1) is 0 Å². The van der Waals surface area contributed by atoms with Gasteiger partial charge in [0.2, 0.25) is 0 Å². The van der Waals surface area contributed by atoms with Gasteiger partial charge in [0.15, 0.2) is 0 Å². The number of aryl methyl sites for hydroxylation is 1. The molecule has 1 aromatic rings. The monoisotopic (exact) mass is 332 g/mol. The third-order valence-corrected chi connectivity index (χ3v) is 4.94. The van der Waals surface area contributed by atoms with Crippen LogP contribution in [0.25, 0.3) is 0 Å². The first-order valence-electron chi connectivity index (χ1n) is 10.1. The zero-order chi connectivity index (χ0) is 17.1. The molecule has 1 aromatic carbocycles. The van der Waals surface area contributed by atoms with Gasteiger partial charge < -0.3 is 9.47 Å². The van der Waals surface area contributed by atoms with E-state index >= 15 is 0 Å². The molecule has 0 spiro atoms. The van der Waals surface area contributed by atoms with E-state index in [2.05, 4.69) is 38.1 Å². The summed E-state index contributed by atoms with van der Waals surface area (Å²) in [5.74, 6) is 1.05. The summed E-state index contributed by atoms with van der Waals surface area (Å²) in [4.78, 5) is 0. The maximum atomic E-state index is 5.98. The lowest BCUT2D eigenvalue weighted by Gasteiger charge is -2.13. The average molecular weight is 333 g/mol. The molecule has 136 valence electrons. The van der Waals surface area contributed by atoms with E-state index in [1.165, 1.54) is 69.8 Å². The van der Waals surface area contributed by atoms with Gasteiger partial charge in [-0.3, -0.25) is 0 Å². The molecular formula is C22H36O2. The molecule has 2 rings (SSSR count). The predicted molar refractivity (Wildman–Crippen MR) is 102 cm³/mol. The van der Waals surface area contributed by atoms with Gasteiger partial charge in [-0.25, -0.2) is 0 Å². The van der Waals surface area contributed by atoms with Crippen LogP contribution in [0.4, 0.5) is 0 Å². The highest BCUT2D eigenvalue weighted by atomic mass is 16.6.